The van der Waals surface area contributed by atoms with Gasteiger partial charge >= 0.3 is 6.09 Å². The maximum atomic E-state index is 12.3. The minimum Gasteiger partial charge on any atom is -0.491 e. The van der Waals surface area contributed by atoms with Gasteiger partial charge in [0.2, 0.25) is 0 Å². The number of carbonyl (C=O) groups is 1. The summed E-state index contributed by atoms with van der Waals surface area (Å²) in [6.07, 6.45) is 0.944. The number of carbonyl (C=O) groups excluding carboxylic acids is 1. The maximum absolute atomic E-state index is 12.3. The number of fused-ring (bicyclic) bond motifs is 3. The summed E-state index contributed by atoms with van der Waals surface area (Å²) in [5.74, 6) is 0.844. The third kappa shape index (κ3) is 3.68. The Kier molecular flexibility index (Phi) is 5.21. The summed E-state index contributed by atoms with van der Waals surface area (Å²) in [6.45, 7) is 0.326. The lowest BCUT2D eigenvalue weighted by molar-refractivity contribution is 0.158. The van der Waals surface area contributed by atoms with Crippen LogP contribution in [0.15, 0.2) is 66.9 Å². The van der Waals surface area contributed by atoms with Crippen LogP contribution in [0.1, 0.15) is 17.0 Å². The third-order valence-corrected chi connectivity index (χ3v) is 4.67. The number of rotatable bonds is 6. The van der Waals surface area contributed by atoms with E-state index in [2.05, 4.69) is 34.6 Å². The highest BCUT2D eigenvalue weighted by Crippen LogP contribution is 2.44. The summed E-state index contributed by atoms with van der Waals surface area (Å²) in [4.78, 5) is 16.3. The minimum atomic E-state index is -0.575. The second-order valence-electron chi connectivity index (χ2n) is 6.40. The predicted molar refractivity (Wildman–Crippen MR) is 106 cm³/mol. The predicted octanol–water partition coefficient (Wildman–Crippen LogP) is 3.81. The number of pyridine rings is 1. The molecule has 1 aromatic heterocycles. The van der Waals surface area contributed by atoms with Crippen LogP contribution in [0.4, 0.5) is 10.6 Å². The van der Waals surface area contributed by atoms with Crippen LogP contribution >= 0.6 is 0 Å². The summed E-state index contributed by atoms with van der Waals surface area (Å²) in [7, 11) is 0. The van der Waals surface area contributed by atoms with Gasteiger partial charge in [0.15, 0.2) is 0 Å². The molecule has 0 unspecified atom stereocenters. The van der Waals surface area contributed by atoms with E-state index in [1.54, 1.807) is 12.1 Å². The molecule has 1 aliphatic carbocycles. The third-order valence-electron chi connectivity index (χ3n) is 4.67. The van der Waals surface area contributed by atoms with E-state index in [-0.39, 0.29) is 25.7 Å². The lowest BCUT2D eigenvalue weighted by Crippen LogP contribution is -2.18. The van der Waals surface area contributed by atoms with E-state index in [0.29, 0.717) is 11.6 Å². The molecule has 0 saturated carbocycles. The van der Waals surface area contributed by atoms with Gasteiger partial charge in [0.1, 0.15) is 24.8 Å². The molecular formula is C22H20N2O4. The molecule has 4 rings (SSSR count). The Hall–Kier alpha value is -3.38. The van der Waals surface area contributed by atoms with E-state index >= 15 is 0 Å². The number of nitrogens with one attached hydrogen (secondary N) is 1. The van der Waals surface area contributed by atoms with Crippen LogP contribution in [0.2, 0.25) is 0 Å². The number of hydrogen-bond acceptors (Lipinski definition) is 5. The van der Waals surface area contributed by atoms with Gasteiger partial charge in [-0.3, -0.25) is 5.32 Å². The molecule has 1 heterocycles. The fraction of sp³-hybridized carbons (Fsp3) is 0.182. The highest BCUT2D eigenvalue weighted by atomic mass is 16.5. The van der Waals surface area contributed by atoms with E-state index in [1.807, 2.05) is 24.3 Å². The summed E-state index contributed by atoms with van der Waals surface area (Å²) in [6, 6.07) is 19.6. The molecule has 142 valence electrons. The second-order valence-corrected chi connectivity index (χ2v) is 6.40. The summed E-state index contributed by atoms with van der Waals surface area (Å²) in [5, 5.41) is 11.4. The van der Waals surface area contributed by atoms with Crippen molar-refractivity contribution >= 4 is 11.9 Å². The molecule has 6 heteroatoms. The van der Waals surface area contributed by atoms with Gasteiger partial charge in [-0.1, -0.05) is 48.5 Å². The van der Waals surface area contributed by atoms with Crippen molar-refractivity contribution in [1.29, 1.82) is 0 Å². The van der Waals surface area contributed by atoms with Gasteiger partial charge in [-0.15, -0.1) is 0 Å². The Labute approximate surface area is 162 Å². The SMILES string of the molecule is O=C(Nc1cc(OCCO)ccn1)OCC1c2ccccc2-c2ccccc21. The number of ether oxygens (including phenoxy) is 2. The van der Waals surface area contributed by atoms with Gasteiger partial charge in [-0.25, -0.2) is 9.78 Å². The number of nitrogens with zero attached hydrogens (tertiary/aromatic N) is 1. The molecular weight excluding hydrogens is 356 g/mol. The Morgan fingerprint density at radius 3 is 2.39 bits per heavy atom. The summed E-state index contributed by atoms with van der Waals surface area (Å²) >= 11 is 0. The van der Waals surface area contributed by atoms with Crippen LogP contribution in [0.3, 0.4) is 0 Å². The number of aliphatic hydroxyl groups is 1. The highest BCUT2D eigenvalue weighted by Gasteiger charge is 2.29. The van der Waals surface area contributed by atoms with Crippen LogP contribution in [0.25, 0.3) is 11.1 Å². The lowest BCUT2D eigenvalue weighted by Gasteiger charge is -2.14. The van der Waals surface area contributed by atoms with Crippen LogP contribution in [-0.2, 0) is 4.74 Å². The topological polar surface area (TPSA) is 80.7 Å². The highest BCUT2D eigenvalue weighted by molar-refractivity contribution is 5.84. The monoisotopic (exact) mass is 376 g/mol. The van der Waals surface area contributed by atoms with E-state index in [1.165, 1.54) is 17.3 Å². The van der Waals surface area contributed by atoms with E-state index < -0.39 is 6.09 Å². The standard InChI is InChI=1S/C22H20N2O4/c25-11-12-27-15-9-10-23-21(13-15)24-22(26)28-14-20-18-7-3-1-5-16(18)17-6-2-4-8-19(17)20/h1-10,13,20,25H,11-12,14H2,(H,23,24,26). The van der Waals surface area contributed by atoms with Gasteiger partial charge in [-0.2, -0.15) is 0 Å². The molecule has 1 amide bonds. The molecule has 0 atom stereocenters. The fourth-order valence-electron chi connectivity index (χ4n) is 3.47. The fourth-order valence-corrected chi connectivity index (χ4v) is 3.47. The van der Waals surface area contributed by atoms with Gasteiger partial charge < -0.3 is 14.6 Å². The molecule has 1 aliphatic rings. The maximum Gasteiger partial charge on any atom is 0.412 e. The smallest absolute Gasteiger partial charge is 0.412 e. The molecule has 0 aliphatic heterocycles. The second kappa shape index (κ2) is 8.10. The molecule has 2 aromatic carbocycles. The first kappa shape index (κ1) is 18.0. The Bertz CT molecular complexity index is 944. The normalized spacial score (nSPS) is 12.2. The van der Waals surface area contributed by atoms with Gasteiger partial charge in [0, 0.05) is 18.2 Å². The Balaban J connectivity index is 1.43. The number of aliphatic hydroxyl groups excluding tert-OH is 1. The van der Waals surface area contributed by atoms with Crippen LogP contribution in [0.5, 0.6) is 5.75 Å². The summed E-state index contributed by atoms with van der Waals surface area (Å²) in [5.41, 5.74) is 4.69. The lowest BCUT2D eigenvalue weighted by atomic mass is 9.98. The van der Waals surface area contributed by atoms with Crippen LogP contribution in [0, 0.1) is 0 Å². The van der Waals surface area contributed by atoms with Crippen molar-refractivity contribution in [2.75, 3.05) is 25.1 Å². The van der Waals surface area contributed by atoms with Crippen molar-refractivity contribution in [3.05, 3.63) is 78.0 Å². The average molecular weight is 376 g/mol. The van der Waals surface area contributed by atoms with Gasteiger partial charge in [-0.05, 0) is 28.3 Å². The molecule has 2 N–H and O–H groups in total. The van der Waals surface area contributed by atoms with E-state index in [4.69, 9.17) is 14.6 Å². The molecule has 0 fully saturated rings. The molecule has 0 bridgehead atoms. The minimum absolute atomic E-state index is 0.00494. The van der Waals surface area contributed by atoms with Crippen molar-refractivity contribution in [2.45, 2.75) is 5.92 Å². The van der Waals surface area contributed by atoms with Crippen molar-refractivity contribution in [3.63, 3.8) is 0 Å². The number of anilines is 1. The van der Waals surface area contributed by atoms with Gasteiger partial charge in [0.05, 0.1) is 6.61 Å². The first-order valence-corrected chi connectivity index (χ1v) is 9.08. The quantitative estimate of drug-likeness (QED) is 0.684. The van der Waals surface area contributed by atoms with Crippen molar-refractivity contribution < 1.29 is 19.4 Å². The van der Waals surface area contributed by atoms with E-state index in [9.17, 15) is 4.79 Å². The molecule has 0 saturated heterocycles. The Morgan fingerprint density at radius 1 is 1.04 bits per heavy atom. The molecule has 3 aromatic rings. The zero-order chi connectivity index (χ0) is 19.3. The molecule has 0 spiro atoms. The average Bonchev–Trinajstić information content (AvgIpc) is 3.05. The van der Waals surface area contributed by atoms with Crippen LogP contribution in [-0.4, -0.2) is 36.0 Å². The number of benzene rings is 2. The van der Waals surface area contributed by atoms with E-state index in [0.717, 1.165) is 11.1 Å². The zero-order valence-corrected chi connectivity index (χ0v) is 15.2. The number of hydrogen-bond donors (Lipinski definition) is 2. The Morgan fingerprint density at radius 2 is 1.71 bits per heavy atom. The van der Waals surface area contributed by atoms with Crippen molar-refractivity contribution in [3.8, 4) is 16.9 Å². The number of amides is 1. The van der Waals surface area contributed by atoms with Crippen LogP contribution < -0.4 is 10.1 Å². The summed E-state index contributed by atoms with van der Waals surface area (Å²) < 4.78 is 10.8. The van der Waals surface area contributed by atoms with Gasteiger partial charge in [0.25, 0.3) is 0 Å². The number of aromatic nitrogens is 1. The molecule has 0 radical (unpaired) electrons. The zero-order valence-electron chi connectivity index (χ0n) is 15.2. The van der Waals surface area contributed by atoms with Crippen molar-refractivity contribution in [2.24, 2.45) is 0 Å². The first-order valence-electron chi connectivity index (χ1n) is 9.08. The largest absolute Gasteiger partial charge is 0.491 e. The molecule has 28 heavy (non-hydrogen) atoms. The molecule has 6 nitrogen and oxygen atoms in total. The van der Waals surface area contributed by atoms with Crippen molar-refractivity contribution in [1.82, 2.24) is 4.98 Å². The first-order chi connectivity index (χ1) is 13.8.